The van der Waals surface area contributed by atoms with E-state index in [0.717, 1.165) is 24.2 Å². The van der Waals surface area contributed by atoms with E-state index in [2.05, 4.69) is 5.32 Å². The molecule has 3 rings (SSSR count). The lowest BCUT2D eigenvalue weighted by Crippen LogP contribution is -2.36. The van der Waals surface area contributed by atoms with E-state index in [1.54, 1.807) is 0 Å². The summed E-state index contributed by atoms with van der Waals surface area (Å²) in [6, 6.07) is 7.62. The summed E-state index contributed by atoms with van der Waals surface area (Å²) in [6.45, 7) is 0.302. The Kier molecular flexibility index (Phi) is 4.05. The van der Waals surface area contributed by atoms with E-state index in [4.69, 9.17) is 9.84 Å². The third-order valence-corrected chi connectivity index (χ3v) is 4.60. The first-order valence-electron chi connectivity index (χ1n) is 7.88. The first-order chi connectivity index (χ1) is 10.6. The number of carboxylic acid groups (broad SMARTS) is 1. The molecule has 0 radical (unpaired) electrons. The van der Waals surface area contributed by atoms with Crippen molar-refractivity contribution in [3.8, 4) is 5.75 Å². The second kappa shape index (κ2) is 5.99. The van der Waals surface area contributed by atoms with Crippen molar-refractivity contribution in [1.82, 2.24) is 5.32 Å². The summed E-state index contributed by atoms with van der Waals surface area (Å²) in [5.74, 6) is -0.633. The first-order valence-corrected chi connectivity index (χ1v) is 7.88. The monoisotopic (exact) mass is 303 g/mol. The van der Waals surface area contributed by atoms with Crippen LogP contribution in [0.2, 0.25) is 0 Å². The van der Waals surface area contributed by atoms with Gasteiger partial charge in [-0.3, -0.25) is 9.59 Å². The number of nitrogens with one attached hydrogen (secondary N) is 1. The molecule has 0 spiro atoms. The summed E-state index contributed by atoms with van der Waals surface area (Å²) in [6.07, 6.45) is 5.65. The van der Waals surface area contributed by atoms with Crippen LogP contribution in [-0.4, -0.2) is 23.1 Å². The Hall–Kier alpha value is -2.04. The fourth-order valence-electron chi connectivity index (χ4n) is 2.96. The zero-order valence-electron chi connectivity index (χ0n) is 12.5. The Bertz CT molecular complexity index is 574. The van der Waals surface area contributed by atoms with Crippen molar-refractivity contribution >= 4 is 11.9 Å². The molecule has 1 amide bonds. The Morgan fingerprint density at radius 3 is 2.55 bits per heavy atom. The first kappa shape index (κ1) is 14.9. The molecule has 0 aliphatic heterocycles. The highest BCUT2D eigenvalue weighted by Crippen LogP contribution is 2.46. The number of amides is 1. The molecule has 0 aromatic heterocycles. The van der Waals surface area contributed by atoms with E-state index in [9.17, 15) is 9.59 Å². The summed E-state index contributed by atoms with van der Waals surface area (Å²) >= 11 is 0. The average molecular weight is 303 g/mol. The number of hydrogen-bond donors (Lipinski definition) is 2. The van der Waals surface area contributed by atoms with Crippen molar-refractivity contribution in [3.63, 3.8) is 0 Å². The number of carboxylic acids is 1. The molecule has 22 heavy (non-hydrogen) atoms. The van der Waals surface area contributed by atoms with E-state index in [-0.39, 0.29) is 6.10 Å². The fraction of sp³-hybridized carbons (Fsp3) is 0.529. The lowest BCUT2D eigenvalue weighted by atomic mass is 10.1. The highest BCUT2D eigenvalue weighted by molar-refractivity contribution is 6.04. The largest absolute Gasteiger partial charge is 0.490 e. The highest BCUT2D eigenvalue weighted by atomic mass is 16.5. The highest BCUT2D eigenvalue weighted by Gasteiger charge is 2.56. The van der Waals surface area contributed by atoms with E-state index < -0.39 is 17.3 Å². The van der Waals surface area contributed by atoms with Crippen molar-refractivity contribution in [2.24, 2.45) is 5.41 Å². The van der Waals surface area contributed by atoms with Gasteiger partial charge in [-0.2, -0.15) is 0 Å². The molecular formula is C17H21NO4. The number of ether oxygens (including phenoxy) is 1. The minimum atomic E-state index is -1.19. The zero-order chi connectivity index (χ0) is 15.6. The summed E-state index contributed by atoms with van der Waals surface area (Å²) in [4.78, 5) is 23.2. The number of benzene rings is 1. The topological polar surface area (TPSA) is 75.6 Å². The Balaban J connectivity index is 1.62. The normalized spacial score (nSPS) is 19.6. The molecule has 2 N–H and O–H groups in total. The van der Waals surface area contributed by atoms with Crippen LogP contribution < -0.4 is 10.1 Å². The van der Waals surface area contributed by atoms with Crippen molar-refractivity contribution in [2.45, 2.75) is 51.2 Å². The van der Waals surface area contributed by atoms with Gasteiger partial charge in [0.15, 0.2) is 0 Å². The molecule has 1 aromatic rings. The molecule has 0 saturated heterocycles. The Morgan fingerprint density at radius 1 is 1.23 bits per heavy atom. The van der Waals surface area contributed by atoms with Gasteiger partial charge < -0.3 is 15.2 Å². The van der Waals surface area contributed by atoms with E-state index in [0.29, 0.717) is 19.4 Å². The predicted octanol–water partition coefficient (Wildman–Crippen LogP) is 2.49. The summed E-state index contributed by atoms with van der Waals surface area (Å²) in [5, 5.41) is 11.9. The number of para-hydroxylation sites is 1. The summed E-state index contributed by atoms with van der Waals surface area (Å²) in [7, 11) is 0. The van der Waals surface area contributed by atoms with Crippen molar-refractivity contribution in [3.05, 3.63) is 29.8 Å². The number of carbonyl (C=O) groups is 2. The van der Waals surface area contributed by atoms with E-state index in [1.165, 1.54) is 12.8 Å². The van der Waals surface area contributed by atoms with Gasteiger partial charge in [0.2, 0.25) is 5.91 Å². The number of hydrogen-bond acceptors (Lipinski definition) is 3. The van der Waals surface area contributed by atoms with Gasteiger partial charge in [-0.1, -0.05) is 18.2 Å². The maximum atomic E-state index is 12.1. The summed E-state index contributed by atoms with van der Waals surface area (Å²) in [5.41, 5.74) is -0.301. The third-order valence-electron chi connectivity index (χ3n) is 4.60. The van der Waals surface area contributed by atoms with Crippen molar-refractivity contribution < 1.29 is 19.4 Å². The average Bonchev–Trinajstić information content (AvgIpc) is 3.19. The third kappa shape index (κ3) is 2.93. The maximum Gasteiger partial charge on any atom is 0.319 e. The Labute approximate surface area is 129 Å². The molecular weight excluding hydrogens is 282 g/mol. The molecule has 5 heteroatoms. The van der Waals surface area contributed by atoms with Gasteiger partial charge in [0.1, 0.15) is 11.2 Å². The summed E-state index contributed by atoms with van der Waals surface area (Å²) < 4.78 is 6.02. The van der Waals surface area contributed by atoms with Gasteiger partial charge in [0, 0.05) is 12.1 Å². The molecule has 2 saturated carbocycles. The van der Waals surface area contributed by atoms with Crippen LogP contribution in [0.5, 0.6) is 5.75 Å². The smallest absolute Gasteiger partial charge is 0.319 e. The van der Waals surface area contributed by atoms with E-state index >= 15 is 0 Å². The molecule has 2 aliphatic rings. The van der Waals surface area contributed by atoms with Gasteiger partial charge in [-0.05, 0) is 44.6 Å². The number of rotatable bonds is 6. The molecule has 0 unspecified atom stereocenters. The minimum absolute atomic E-state index is 0.255. The van der Waals surface area contributed by atoms with Crippen LogP contribution in [0.1, 0.15) is 44.1 Å². The molecule has 5 nitrogen and oxygen atoms in total. The molecule has 0 heterocycles. The zero-order valence-corrected chi connectivity index (χ0v) is 12.5. The van der Waals surface area contributed by atoms with Gasteiger partial charge in [-0.15, -0.1) is 0 Å². The number of carbonyl (C=O) groups excluding carboxylic acids is 1. The standard InChI is InChI=1S/C17H21NO4/c19-15(17(9-10-17)16(20)21)18-11-12-5-1-4-8-14(12)22-13-6-2-3-7-13/h1,4-5,8,13H,2-3,6-7,9-11H2,(H,18,19)(H,20,21). The van der Waals surface area contributed by atoms with Crippen molar-refractivity contribution in [1.29, 1.82) is 0 Å². The van der Waals surface area contributed by atoms with Gasteiger partial charge in [0.05, 0.1) is 6.10 Å². The second-order valence-electron chi connectivity index (χ2n) is 6.20. The van der Waals surface area contributed by atoms with Crippen LogP contribution >= 0.6 is 0 Å². The van der Waals surface area contributed by atoms with E-state index in [1.807, 2.05) is 24.3 Å². The molecule has 118 valence electrons. The minimum Gasteiger partial charge on any atom is -0.490 e. The molecule has 1 aromatic carbocycles. The number of aliphatic carboxylic acids is 1. The molecule has 0 atom stereocenters. The van der Waals surface area contributed by atoms with Crippen LogP contribution in [0.15, 0.2) is 24.3 Å². The van der Waals surface area contributed by atoms with Crippen LogP contribution in [0.3, 0.4) is 0 Å². The lowest BCUT2D eigenvalue weighted by molar-refractivity contribution is -0.149. The molecule has 0 bridgehead atoms. The Morgan fingerprint density at radius 2 is 1.91 bits per heavy atom. The van der Waals surface area contributed by atoms with Crippen LogP contribution in [-0.2, 0) is 16.1 Å². The fourth-order valence-corrected chi connectivity index (χ4v) is 2.96. The van der Waals surface area contributed by atoms with Gasteiger partial charge in [0.25, 0.3) is 0 Å². The quantitative estimate of drug-likeness (QED) is 0.792. The molecule has 2 aliphatic carbocycles. The SMILES string of the molecule is O=C(O)C1(C(=O)NCc2ccccc2OC2CCCC2)CC1. The molecule has 2 fully saturated rings. The predicted molar refractivity (Wildman–Crippen MR) is 80.5 cm³/mol. The van der Waals surface area contributed by atoms with Crippen molar-refractivity contribution in [2.75, 3.05) is 0 Å². The lowest BCUT2D eigenvalue weighted by Gasteiger charge is -2.17. The van der Waals surface area contributed by atoms with Crippen LogP contribution in [0, 0.1) is 5.41 Å². The van der Waals surface area contributed by atoms with Gasteiger partial charge >= 0.3 is 5.97 Å². The van der Waals surface area contributed by atoms with Crippen LogP contribution in [0.4, 0.5) is 0 Å². The maximum absolute atomic E-state index is 12.1. The second-order valence-corrected chi connectivity index (χ2v) is 6.20. The van der Waals surface area contributed by atoms with Crippen LogP contribution in [0.25, 0.3) is 0 Å². The van der Waals surface area contributed by atoms with Gasteiger partial charge in [-0.25, -0.2) is 0 Å².